The quantitative estimate of drug-likeness (QED) is 0.529. The molecule has 0 bridgehead atoms. The molecule has 0 fully saturated rings. The van der Waals surface area contributed by atoms with Gasteiger partial charge in [0.1, 0.15) is 11.5 Å². The van der Waals surface area contributed by atoms with Crippen LogP contribution in [-0.2, 0) is 11.0 Å². The van der Waals surface area contributed by atoms with Crippen LogP contribution in [0.4, 0.5) is 0 Å². The minimum absolute atomic E-state index is 0.0677. The molecular formula is C25H30O3Si. The molecule has 0 atom stereocenters. The summed E-state index contributed by atoms with van der Waals surface area (Å²) in [5.41, 5.74) is 0.986. The molecule has 29 heavy (non-hydrogen) atoms. The molecule has 3 aromatic carbocycles. The van der Waals surface area contributed by atoms with Gasteiger partial charge in [-0.1, -0.05) is 81.4 Å². The van der Waals surface area contributed by atoms with Gasteiger partial charge in [0.05, 0.1) is 20.8 Å². The van der Waals surface area contributed by atoms with Gasteiger partial charge in [0, 0.05) is 5.56 Å². The molecule has 0 saturated carbocycles. The Kier molecular flexibility index (Phi) is 6.45. The SMILES string of the molecule is COc1ccc(OC)c(CO[Si](c2ccccc2)(c2ccccc2)C(C)(C)C)c1. The van der Waals surface area contributed by atoms with Crippen LogP contribution in [0.1, 0.15) is 26.3 Å². The lowest BCUT2D eigenvalue weighted by Crippen LogP contribution is -2.66. The Balaban J connectivity index is 2.12. The summed E-state index contributed by atoms with van der Waals surface area (Å²) in [4.78, 5) is 0. The smallest absolute Gasteiger partial charge is 0.261 e. The van der Waals surface area contributed by atoms with E-state index in [1.54, 1.807) is 14.2 Å². The van der Waals surface area contributed by atoms with Gasteiger partial charge < -0.3 is 13.9 Å². The Morgan fingerprint density at radius 1 is 0.724 bits per heavy atom. The second-order valence-electron chi connectivity index (χ2n) is 8.13. The van der Waals surface area contributed by atoms with Crippen molar-refractivity contribution in [1.29, 1.82) is 0 Å². The number of rotatable bonds is 7. The molecule has 0 N–H and O–H groups in total. The largest absolute Gasteiger partial charge is 0.497 e. The first kappa shape index (κ1) is 21.2. The first-order valence-corrected chi connectivity index (χ1v) is 11.8. The predicted octanol–water partition coefficient (Wildman–Crippen LogP) is 4.78. The summed E-state index contributed by atoms with van der Waals surface area (Å²) in [6.07, 6.45) is 0. The van der Waals surface area contributed by atoms with Crippen molar-refractivity contribution < 1.29 is 13.9 Å². The summed E-state index contributed by atoms with van der Waals surface area (Å²) in [7, 11) is 0.772. The summed E-state index contributed by atoms with van der Waals surface area (Å²) in [6.45, 7) is 7.29. The molecule has 0 heterocycles. The third-order valence-electron chi connectivity index (χ3n) is 5.35. The van der Waals surface area contributed by atoms with Crippen molar-refractivity contribution in [3.8, 4) is 11.5 Å². The first-order chi connectivity index (χ1) is 13.9. The number of benzene rings is 3. The van der Waals surface area contributed by atoms with E-state index in [-0.39, 0.29) is 5.04 Å². The number of ether oxygens (including phenoxy) is 2. The molecule has 0 aliphatic heterocycles. The van der Waals surface area contributed by atoms with E-state index in [0.29, 0.717) is 6.61 Å². The number of hydrogen-bond donors (Lipinski definition) is 0. The van der Waals surface area contributed by atoms with Crippen LogP contribution in [0.15, 0.2) is 78.9 Å². The average molecular weight is 407 g/mol. The number of methoxy groups -OCH3 is 2. The van der Waals surface area contributed by atoms with Crippen molar-refractivity contribution in [3.63, 3.8) is 0 Å². The van der Waals surface area contributed by atoms with Crippen molar-refractivity contribution in [2.75, 3.05) is 14.2 Å². The highest BCUT2D eigenvalue weighted by molar-refractivity contribution is 6.99. The standard InChI is InChI=1S/C25H30O3Si/c1-25(2,3)29(22-12-8-6-9-13-22,23-14-10-7-11-15-23)28-19-20-18-21(26-4)16-17-24(20)27-5/h6-18H,19H2,1-5H3. The van der Waals surface area contributed by atoms with Crippen LogP contribution in [0, 0.1) is 0 Å². The average Bonchev–Trinajstić information content (AvgIpc) is 2.74. The van der Waals surface area contributed by atoms with E-state index < -0.39 is 8.32 Å². The molecule has 0 aliphatic carbocycles. The monoisotopic (exact) mass is 406 g/mol. The van der Waals surface area contributed by atoms with Crippen molar-refractivity contribution in [3.05, 3.63) is 84.4 Å². The van der Waals surface area contributed by atoms with Crippen molar-refractivity contribution in [2.45, 2.75) is 32.4 Å². The van der Waals surface area contributed by atoms with Crippen LogP contribution in [0.25, 0.3) is 0 Å². The van der Waals surface area contributed by atoms with E-state index in [1.807, 2.05) is 18.2 Å². The molecule has 0 radical (unpaired) electrons. The second-order valence-corrected chi connectivity index (χ2v) is 12.4. The van der Waals surface area contributed by atoms with E-state index in [4.69, 9.17) is 13.9 Å². The lowest BCUT2D eigenvalue weighted by Gasteiger charge is -2.43. The van der Waals surface area contributed by atoms with Crippen molar-refractivity contribution in [2.24, 2.45) is 0 Å². The van der Waals surface area contributed by atoms with Crippen LogP contribution >= 0.6 is 0 Å². The summed E-state index contributed by atoms with van der Waals surface area (Å²) in [5, 5.41) is 2.46. The van der Waals surface area contributed by atoms with E-state index in [2.05, 4.69) is 81.4 Å². The Labute approximate surface area is 175 Å². The Hall–Kier alpha value is -2.56. The second kappa shape index (κ2) is 8.85. The van der Waals surface area contributed by atoms with Gasteiger partial charge in [0.25, 0.3) is 8.32 Å². The topological polar surface area (TPSA) is 27.7 Å². The van der Waals surface area contributed by atoms with Crippen molar-refractivity contribution >= 4 is 18.7 Å². The van der Waals surface area contributed by atoms with Crippen molar-refractivity contribution in [1.82, 2.24) is 0 Å². The van der Waals surface area contributed by atoms with Gasteiger partial charge >= 0.3 is 0 Å². The highest BCUT2D eigenvalue weighted by Crippen LogP contribution is 2.38. The summed E-state index contributed by atoms with van der Waals surface area (Å²) >= 11 is 0. The highest BCUT2D eigenvalue weighted by Gasteiger charge is 2.50. The number of hydrogen-bond acceptors (Lipinski definition) is 3. The van der Waals surface area contributed by atoms with Gasteiger partial charge in [0.15, 0.2) is 0 Å². The van der Waals surface area contributed by atoms with E-state index in [0.717, 1.165) is 17.1 Å². The predicted molar refractivity (Wildman–Crippen MR) is 122 cm³/mol. The van der Waals surface area contributed by atoms with Gasteiger partial charge in [-0.25, -0.2) is 0 Å². The molecule has 3 rings (SSSR count). The van der Waals surface area contributed by atoms with Crippen LogP contribution in [-0.4, -0.2) is 22.5 Å². The molecule has 0 aromatic heterocycles. The normalized spacial score (nSPS) is 11.9. The third kappa shape index (κ3) is 4.24. The lowest BCUT2D eigenvalue weighted by molar-refractivity contribution is 0.277. The molecule has 152 valence electrons. The third-order valence-corrected chi connectivity index (χ3v) is 10.3. The minimum atomic E-state index is -2.59. The van der Waals surface area contributed by atoms with Gasteiger partial charge in [-0.2, -0.15) is 0 Å². The zero-order valence-electron chi connectivity index (χ0n) is 17.9. The first-order valence-electron chi connectivity index (χ1n) is 9.88. The van der Waals surface area contributed by atoms with E-state index in [9.17, 15) is 0 Å². The molecule has 0 spiro atoms. The maximum absolute atomic E-state index is 7.00. The van der Waals surface area contributed by atoms with E-state index >= 15 is 0 Å². The van der Waals surface area contributed by atoms with E-state index in [1.165, 1.54) is 10.4 Å². The molecular weight excluding hydrogens is 376 g/mol. The molecule has 0 aliphatic rings. The molecule has 0 unspecified atom stereocenters. The fourth-order valence-corrected chi connectivity index (χ4v) is 8.47. The summed E-state index contributed by atoms with van der Waals surface area (Å²) < 4.78 is 18.0. The van der Waals surface area contributed by atoms with Crippen LogP contribution in [0.3, 0.4) is 0 Å². The van der Waals surface area contributed by atoms with Crippen LogP contribution in [0.5, 0.6) is 11.5 Å². The Morgan fingerprint density at radius 2 is 1.28 bits per heavy atom. The molecule has 3 nitrogen and oxygen atoms in total. The molecule has 0 saturated heterocycles. The Bertz CT molecular complexity index is 878. The minimum Gasteiger partial charge on any atom is -0.497 e. The molecule has 3 aromatic rings. The van der Waals surface area contributed by atoms with Crippen LogP contribution < -0.4 is 19.8 Å². The molecule has 0 amide bonds. The zero-order chi connectivity index (χ0) is 20.9. The fourth-order valence-electron chi connectivity index (χ4n) is 3.94. The van der Waals surface area contributed by atoms with Gasteiger partial charge in [-0.3, -0.25) is 0 Å². The van der Waals surface area contributed by atoms with Crippen LogP contribution in [0.2, 0.25) is 5.04 Å². The van der Waals surface area contributed by atoms with Gasteiger partial charge in [-0.15, -0.1) is 0 Å². The van der Waals surface area contributed by atoms with Gasteiger partial charge in [0.2, 0.25) is 0 Å². The maximum Gasteiger partial charge on any atom is 0.261 e. The lowest BCUT2D eigenvalue weighted by atomic mass is 10.2. The maximum atomic E-state index is 7.00. The van der Waals surface area contributed by atoms with Gasteiger partial charge in [-0.05, 0) is 33.6 Å². The zero-order valence-corrected chi connectivity index (χ0v) is 18.9. The fraction of sp³-hybridized carbons (Fsp3) is 0.280. The Morgan fingerprint density at radius 3 is 1.72 bits per heavy atom. The summed E-state index contributed by atoms with van der Waals surface area (Å²) in [6, 6.07) is 27.2. The summed E-state index contributed by atoms with van der Waals surface area (Å²) in [5.74, 6) is 1.61. The molecule has 4 heteroatoms. The highest BCUT2D eigenvalue weighted by atomic mass is 28.4.